The van der Waals surface area contributed by atoms with Gasteiger partial charge in [-0.15, -0.1) is 0 Å². The molecule has 4 N–H and O–H groups in total. The summed E-state index contributed by atoms with van der Waals surface area (Å²) in [5.41, 5.74) is 9.24. The Morgan fingerprint density at radius 2 is 1.33 bits per heavy atom. The van der Waals surface area contributed by atoms with Crippen molar-refractivity contribution in [1.29, 1.82) is 5.26 Å². The van der Waals surface area contributed by atoms with Crippen LogP contribution in [0.4, 0.5) is 0 Å². The van der Waals surface area contributed by atoms with E-state index in [0.29, 0.717) is 0 Å². The van der Waals surface area contributed by atoms with Crippen molar-refractivity contribution in [2.75, 3.05) is 0 Å². The van der Waals surface area contributed by atoms with Crippen molar-refractivity contribution in [2.45, 2.75) is 13.8 Å². The zero-order chi connectivity index (χ0) is 10.3. The van der Waals surface area contributed by atoms with Crippen molar-refractivity contribution >= 4 is 30.0 Å². The maximum atomic E-state index is 7.13. The molecule has 0 aromatic rings. The second kappa shape index (κ2) is 66.8. The summed E-state index contributed by atoms with van der Waals surface area (Å²) in [6.07, 6.45) is 0. The standard InChI is InChI=1S/2C2H5.CH4N2S.CHNS.Au/c2*1-2;2-1(3)4;2-1-3;/h2*1H2,2H3;(H4,2,3,4);3H;/q2*-1;;;+3/p-1. The molecule has 76 valence electrons. The van der Waals surface area contributed by atoms with Crippen LogP contribution in [-0.4, -0.2) is 5.11 Å². The normalized spacial score (nSPS) is 3.58. The molecule has 0 rings (SSSR count). The Morgan fingerprint density at radius 3 is 1.33 bits per heavy atom. The fraction of sp³-hybridized carbons (Fsp3) is 0.333. The second-order valence-corrected chi connectivity index (χ2v) is 1.15. The first-order valence-corrected chi connectivity index (χ1v) is 3.44. The van der Waals surface area contributed by atoms with Crippen LogP contribution in [0, 0.1) is 24.5 Å². The summed E-state index contributed by atoms with van der Waals surface area (Å²) >= 11 is 7.79. The van der Waals surface area contributed by atoms with E-state index < -0.39 is 0 Å². The van der Waals surface area contributed by atoms with E-state index in [1.807, 2.05) is 0 Å². The van der Waals surface area contributed by atoms with E-state index in [9.17, 15) is 0 Å². The van der Waals surface area contributed by atoms with Crippen molar-refractivity contribution in [3.63, 3.8) is 0 Å². The Labute approximate surface area is 102 Å². The third-order valence-corrected chi connectivity index (χ3v) is 0. The van der Waals surface area contributed by atoms with E-state index in [1.165, 1.54) is 5.40 Å². The second-order valence-electron chi connectivity index (χ2n) is 0.494. The minimum Gasteiger partial charge on any atom is -0.696 e. The quantitative estimate of drug-likeness (QED) is 0.212. The van der Waals surface area contributed by atoms with Crippen LogP contribution in [0.5, 0.6) is 0 Å². The molecule has 12 heavy (non-hydrogen) atoms. The number of thiocarbonyl (C=S) groups is 1. The fourth-order valence-corrected chi connectivity index (χ4v) is 0. The number of nitrogens with two attached hydrogens (primary N) is 2. The Balaban J connectivity index is -0.0000000186. The van der Waals surface area contributed by atoms with E-state index in [-0.39, 0.29) is 27.5 Å². The van der Waals surface area contributed by atoms with Crippen LogP contribution in [0.15, 0.2) is 0 Å². The Morgan fingerprint density at radius 1 is 1.33 bits per heavy atom. The molecule has 0 aliphatic rings. The first-order chi connectivity index (χ1) is 5.15. The van der Waals surface area contributed by atoms with Gasteiger partial charge < -0.3 is 37.9 Å². The predicted molar refractivity (Wildman–Crippen MR) is 56.0 cm³/mol. The van der Waals surface area contributed by atoms with Gasteiger partial charge in [0.15, 0.2) is 5.11 Å². The maximum Gasteiger partial charge on any atom is 3.00 e. The fourth-order valence-electron chi connectivity index (χ4n) is 0. The molecule has 0 saturated carbocycles. The van der Waals surface area contributed by atoms with Crippen molar-refractivity contribution in [3.05, 3.63) is 13.8 Å². The molecule has 0 bridgehead atoms. The van der Waals surface area contributed by atoms with Crippen LogP contribution >= 0.6 is 12.2 Å². The number of rotatable bonds is 0. The molecule has 0 amide bonds. The molecule has 0 aromatic carbocycles. The molecule has 0 saturated heterocycles. The average molecular weight is 389 g/mol. The SMILES string of the molecule is N#C[S-].NC(N)=S.[Au+3].[CH2-]C.[CH2-]C. The first kappa shape index (κ1) is 29.6. The van der Waals surface area contributed by atoms with Crippen LogP contribution in [0.3, 0.4) is 0 Å². The largest absolute Gasteiger partial charge is 3.00 e. The van der Waals surface area contributed by atoms with Gasteiger partial charge in [-0.2, -0.15) is 13.8 Å². The van der Waals surface area contributed by atoms with Gasteiger partial charge in [0.05, 0.1) is 0 Å². The van der Waals surface area contributed by atoms with Crippen molar-refractivity contribution in [1.82, 2.24) is 0 Å². The van der Waals surface area contributed by atoms with Crippen molar-refractivity contribution in [2.24, 2.45) is 11.5 Å². The summed E-state index contributed by atoms with van der Waals surface area (Å²) in [5.74, 6) is 0. The molecule has 0 aromatic heterocycles. The van der Waals surface area contributed by atoms with E-state index in [4.69, 9.17) is 5.26 Å². The van der Waals surface area contributed by atoms with Gasteiger partial charge in [0, 0.05) is 0 Å². The first-order valence-electron chi connectivity index (χ1n) is 2.62. The topological polar surface area (TPSA) is 75.8 Å². The van der Waals surface area contributed by atoms with Crippen molar-refractivity contribution < 1.29 is 22.4 Å². The molecule has 0 aliphatic heterocycles. The van der Waals surface area contributed by atoms with Crippen LogP contribution in [-0.2, 0) is 35.0 Å². The minimum absolute atomic E-state index is 0. The summed E-state index contributed by atoms with van der Waals surface area (Å²) in [7, 11) is 0. The van der Waals surface area contributed by atoms with Crippen LogP contribution < -0.4 is 11.5 Å². The molecule has 0 heterocycles. The molecule has 0 fully saturated rings. The predicted octanol–water partition coefficient (Wildman–Crippen LogP) is 0.881. The van der Waals surface area contributed by atoms with Crippen LogP contribution in [0.2, 0.25) is 0 Å². The summed E-state index contributed by atoms with van der Waals surface area (Å²) in [6.45, 7) is 10.0. The molecular weight excluding hydrogens is 375 g/mol. The molecule has 0 unspecified atom stereocenters. The van der Waals surface area contributed by atoms with Gasteiger partial charge >= 0.3 is 22.4 Å². The molecule has 6 heteroatoms. The minimum atomic E-state index is 0. The number of hydrogen-bond donors (Lipinski definition) is 2. The van der Waals surface area contributed by atoms with E-state index in [2.05, 4.69) is 50.2 Å². The smallest absolute Gasteiger partial charge is 0.696 e. The van der Waals surface area contributed by atoms with Crippen molar-refractivity contribution in [3.8, 4) is 5.40 Å². The summed E-state index contributed by atoms with van der Waals surface area (Å²) in [5, 5.41) is 8.47. The number of nitriles is 1. The van der Waals surface area contributed by atoms with E-state index in [0.717, 1.165) is 0 Å². The number of hydrogen-bond acceptors (Lipinski definition) is 3. The number of thiocyanates is 1. The Bertz CT molecular complexity index is 89.3. The van der Waals surface area contributed by atoms with Gasteiger partial charge in [0.25, 0.3) is 0 Å². The third kappa shape index (κ3) is 43100. The van der Waals surface area contributed by atoms with Gasteiger partial charge in [0.2, 0.25) is 0 Å². The van der Waals surface area contributed by atoms with Crippen LogP contribution in [0.1, 0.15) is 13.8 Å². The van der Waals surface area contributed by atoms with Gasteiger partial charge in [-0.05, 0) is 12.2 Å². The summed E-state index contributed by atoms with van der Waals surface area (Å²) in [6, 6.07) is 0. The molecular formula is C6H14AuN3S2. The Kier molecular flexibility index (Phi) is 165. The summed E-state index contributed by atoms with van der Waals surface area (Å²) < 4.78 is 0. The average Bonchev–Trinajstić information content (AvgIpc) is 1.96. The van der Waals surface area contributed by atoms with E-state index >= 15 is 0 Å². The van der Waals surface area contributed by atoms with Gasteiger partial charge in [-0.1, -0.05) is 5.40 Å². The zero-order valence-electron chi connectivity index (χ0n) is 7.13. The Hall–Kier alpha value is 0.140. The summed E-state index contributed by atoms with van der Waals surface area (Å²) in [4.78, 5) is 0. The maximum absolute atomic E-state index is 7.13. The van der Waals surface area contributed by atoms with E-state index in [1.54, 1.807) is 13.8 Å². The van der Waals surface area contributed by atoms with Crippen LogP contribution in [0.25, 0.3) is 0 Å². The molecule has 0 radical (unpaired) electrons. The van der Waals surface area contributed by atoms with Gasteiger partial charge in [-0.25, -0.2) is 5.26 Å². The van der Waals surface area contributed by atoms with Gasteiger partial charge in [-0.3, -0.25) is 0 Å². The number of nitrogens with zero attached hydrogens (tertiary/aromatic N) is 1. The zero-order valence-corrected chi connectivity index (χ0v) is 10.9. The van der Waals surface area contributed by atoms with Gasteiger partial charge in [0.1, 0.15) is 0 Å². The molecule has 0 aliphatic carbocycles. The molecule has 3 nitrogen and oxygen atoms in total. The molecule has 0 atom stereocenters. The monoisotopic (exact) mass is 389 g/mol. The molecule has 0 spiro atoms. The third-order valence-electron chi connectivity index (χ3n) is 0.